The molecule has 1 heterocycles. The number of nitrogens with one attached hydrogen (secondary N) is 2. The van der Waals surface area contributed by atoms with Gasteiger partial charge in [0.15, 0.2) is 0 Å². The molecule has 0 radical (unpaired) electrons. The molecule has 0 aliphatic carbocycles. The van der Waals surface area contributed by atoms with Gasteiger partial charge in [-0.2, -0.15) is 11.8 Å². The van der Waals surface area contributed by atoms with Crippen molar-refractivity contribution in [2.24, 2.45) is 0 Å². The molecule has 100 valence electrons. The average Bonchev–Trinajstić information content (AvgIpc) is 2.72. The zero-order chi connectivity index (χ0) is 12.7. The predicted molar refractivity (Wildman–Crippen MR) is 72.4 cm³/mol. The van der Waals surface area contributed by atoms with E-state index < -0.39 is 6.10 Å². The minimum absolute atomic E-state index is 0.172. The van der Waals surface area contributed by atoms with E-state index in [1.807, 2.05) is 18.7 Å². The van der Waals surface area contributed by atoms with E-state index in [-0.39, 0.29) is 10.8 Å². The lowest BCUT2D eigenvalue weighted by Crippen LogP contribution is -2.44. The molecule has 2 amide bonds. The summed E-state index contributed by atoms with van der Waals surface area (Å²) in [5, 5.41) is 15.1. The fourth-order valence-electron chi connectivity index (χ4n) is 1.95. The predicted octanol–water partition coefficient (Wildman–Crippen LogP) is 1.73. The van der Waals surface area contributed by atoms with Crippen molar-refractivity contribution in [2.45, 2.75) is 50.4 Å². The molecule has 0 bridgehead atoms. The molecular weight excluding hydrogens is 236 g/mol. The van der Waals surface area contributed by atoms with Crippen molar-refractivity contribution >= 4 is 17.8 Å². The third-order valence-corrected chi connectivity index (χ3v) is 4.58. The summed E-state index contributed by atoms with van der Waals surface area (Å²) in [6, 6.07) is -0.172. The molecule has 0 aromatic carbocycles. The van der Waals surface area contributed by atoms with Crippen LogP contribution in [0.25, 0.3) is 0 Å². The second-order valence-electron chi connectivity index (χ2n) is 4.91. The Kier molecular flexibility index (Phi) is 6.12. The summed E-state index contributed by atoms with van der Waals surface area (Å²) in [6.07, 6.45) is 3.63. The highest BCUT2D eigenvalue weighted by Crippen LogP contribution is 2.36. The van der Waals surface area contributed by atoms with Gasteiger partial charge in [0.25, 0.3) is 0 Å². The number of rotatable bonds is 6. The van der Waals surface area contributed by atoms with Gasteiger partial charge in [-0.05, 0) is 31.9 Å². The molecule has 1 aliphatic rings. The zero-order valence-electron chi connectivity index (χ0n) is 10.8. The van der Waals surface area contributed by atoms with Crippen LogP contribution in [0.5, 0.6) is 0 Å². The van der Waals surface area contributed by atoms with Crippen molar-refractivity contribution in [3.63, 3.8) is 0 Å². The third-order valence-electron chi connectivity index (χ3n) is 3.04. The summed E-state index contributed by atoms with van der Waals surface area (Å²) in [4.78, 5) is 11.5. The summed E-state index contributed by atoms with van der Waals surface area (Å²) < 4.78 is 0.194. The maximum absolute atomic E-state index is 11.5. The smallest absolute Gasteiger partial charge is 0.314 e. The highest BCUT2D eigenvalue weighted by Gasteiger charge is 2.29. The fraction of sp³-hybridized carbons (Fsp3) is 0.917. The number of thioether (sulfide) groups is 1. The van der Waals surface area contributed by atoms with Gasteiger partial charge in [0.1, 0.15) is 0 Å². The molecule has 1 fully saturated rings. The lowest BCUT2D eigenvalue weighted by atomic mass is 10.1. The Labute approximate surface area is 108 Å². The van der Waals surface area contributed by atoms with Crippen LogP contribution in [0.4, 0.5) is 4.79 Å². The molecule has 1 saturated heterocycles. The van der Waals surface area contributed by atoms with Gasteiger partial charge in [0, 0.05) is 17.8 Å². The van der Waals surface area contributed by atoms with Crippen molar-refractivity contribution in [1.82, 2.24) is 10.6 Å². The molecule has 0 spiro atoms. The Morgan fingerprint density at radius 3 is 2.88 bits per heavy atom. The highest BCUT2D eigenvalue weighted by molar-refractivity contribution is 8.00. The zero-order valence-corrected chi connectivity index (χ0v) is 11.6. The van der Waals surface area contributed by atoms with Crippen LogP contribution in [0.3, 0.4) is 0 Å². The number of aliphatic hydroxyl groups excluding tert-OH is 1. The van der Waals surface area contributed by atoms with Crippen LogP contribution < -0.4 is 10.6 Å². The Balaban J connectivity index is 2.12. The minimum Gasteiger partial charge on any atom is -0.391 e. The largest absolute Gasteiger partial charge is 0.391 e. The van der Waals surface area contributed by atoms with Gasteiger partial charge in [-0.3, -0.25) is 0 Å². The SMILES string of the molecule is CCCC(O)CNC(=O)NCC1(C)CCCS1. The second kappa shape index (κ2) is 7.11. The lowest BCUT2D eigenvalue weighted by Gasteiger charge is -2.23. The lowest BCUT2D eigenvalue weighted by molar-refractivity contribution is 0.160. The monoisotopic (exact) mass is 260 g/mol. The highest BCUT2D eigenvalue weighted by atomic mass is 32.2. The Morgan fingerprint density at radius 2 is 2.29 bits per heavy atom. The quantitative estimate of drug-likeness (QED) is 0.681. The average molecular weight is 260 g/mol. The van der Waals surface area contributed by atoms with Gasteiger partial charge in [-0.15, -0.1) is 0 Å². The van der Waals surface area contributed by atoms with Crippen LogP contribution in [0, 0.1) is 0 Å². The van der Waals surface area contributed by atoms with E-state index in [0.29, 0.717) is 13.1 Å². The van der Waals surface area contributed by atoms with E-state index >= 15 is 0 Å². The first-order valence-corrected chi connectivity index (χ1v) is 7.38. The summed E-state index contributed by atoms with van der Waals surface area (Å²) in [5.74, 6) is 1.19. The topological polar surface area (TPSA) is 61.4 Å². The van der Waals surface area contributed by atoms with Gasteiger partial charge < -0.3 is 15.7 Å². The van der Waals surface area contributed by atoms with E-state index in [0.717, 1.165) is 19.3 Å². The maximum atomic E-state index is 11.5. The first kappa shape index (κ1) is 14.6. The fourth-order valence-corrected chi connectivity index (χ4v) is 3.20. The van der Waals surface area contributed by atoms with Gasteiger partial charge in [-0.25, -0.2) is 4.79 Å². The van der Waals surface area contributed by atoms with Gasteiger partial charge >= 0.3 is 6.03 Å². The number of amides is 2. The summed E-state index contributed by atoms with van der Waals surface area (Å²) in [6.45, 7) is 5.25. The molecule has 1 rings (SSSR count). The Bertz CT molecular complexity index is 243. The van der Waals surface area contributed by atoms with E-state index in [4.69, 9.17) is 0 Å². The van der Waals surface area contributed by atoms with Crippen LogP contribution in [0.15, 0.2) is 0 Å². The van der Waals surface area contributed by atoms with Crippen molar-refractivity contribution < 1.29 is 9.90 Å². The first-order chi connectivity index (χ1) is 8.06. The van der Waals surface area contributed by atoms with Crippen molar-refractivity contribution in [3.8, 4) is 0 Å². The number of carbonyl (C=O) groups excluding carboxylic acids is 1. The van der Waals surface area contributed by atoms with Crippen LogP contribution in [0.1, 0.15) is 39.5 Å². The molecule has 3 N–H and O–H groups in total. The van der Waals surface area contributed by atoms with Crippen LogP contribution in [0.2, 0.25) is 0 Å². The standard InChI is InChI=1S/C12H24N2O2S/c1-3-5-10(15)8-13-11(16)14-9-12(2)6-4-7-17-12/h10,15H,3-9H2,1-2H3,(H2,13,14,16). The van der Waals surface area contributed by atoms with E-state index in [1.165, 1.54) is 12.2 Å². The number of aliphatic hydroxyl groups is 1. The van der Waals surface area contributed by atoms with E-state index in [2.05, 4.69) is 17.6 Å². The minimum atomic E-state index is -0.429. The number of carbonyl (C=O) groups is 1. The van der Waals surface area contributed by atoms with Crippen molar-refractivity contribution in [1.29, 1.82) is 0 Å². The molecule has 0 aromatic rings. The molecule has 4 nitrogen and oxygen atoms in total. The number of hydrogen-bond acceptors (Lipinski definition) is 3. The van der Waals surface area contributed by atoms with Gasteiger partial charge in [-0.1, -0.05) is 13.3 Å². The van der Waals surface area contributed by atoms with Gasteiger partial charge in [0.2, 0.25) is 0 Å². The molecule has 17 heavy (non-hydrogen) atoms. The normalized spacial score (nSPS) is 25.6. The molecule has 0 saturated carbocycles. The van der Waals surface area contributed by atoms with Crippen LogP contribution in [-0.4, -0.2) is 40.8 Å². The van der Waals surface area contributed by atoms with Crippen LogP contribution >= 0.6 is 11.8 Å². The molecule has 5 heteroatoms. The summed E-state index contributed by atoms with van der Waals surface area (Å²) in [5.41, 5.74) is 0. The van der Waals surface area contributed by atoms with Crippen molar-refractivity contribution in [2.75, 3.05) is 18.8 Å². The molecule has 2 unspecified atom stereocenters. The Hall–Kier alpha value is -0.420. The number of hydrogen-bond donors (Lipinski definition) is 3. The van der Waals surface area contributed by atoms with Crippen molar-refractivity contribution in [3.05, 3.63) is 0 Å². The molecule has 2 atom stereocenters. The molecular formula is C12H24N2O2S. The van der Waals surface area contributed by atoms with E-state index in [9.17, 15) is 9.90 Å². The third kappa shape index (κ3) is 5.64. The maximum Gasteiger partial charge on any atom is 0.314 e. The van der Waals surface area contributed by atoms with Crippen LogP contribution in [-0.2, 0) is 0 Å². The summed E-state index contributed by atoms with van der Waals surface area (Å²) >= 11 is 1.93. The molecule has 0 aromatic heterocycles. The second-order valence-corrected chi connectivity index (χ2v) is 6.59. The first-order valence-electron chi connectivity index (χ1n) is 6.39. The molecule has 1 aliphatic heterocycles. The van der Waals surface area contributed by atoms with Gasteiger partial charge in [0.05, 0.1) is 6.10 Å². The van der Waals surface area contributed by atoms with E-state index in [1.54, 1.807) is 0 Å². The summed E-state index contributed by atoms with van der Waals surface area (Å²) in [7, 11) is 0. The Morgan fingerprint density at radius 1 is 1.53 bits per heavy atom. The number of urea groups is 1.